The van der Waals surface area contributed by atoms with Crippen molar-refractivity contribution in [3.05, 3.63) is 16.7 Å². The second-order valence-electron chi connectivity index (χ2n) is 3.80. The molecule has 1 unspecified atom stereocenters. The molecular formula is C10H16N4O3. The smallest absolute Gasteiger partial charge is 0.306 e. The molecule has 1 atom stereocenters. The van der Waals surface area contributed by atoms with Gasteiger partial charge < -0.3 is 21.1 Å². The zero-order valence-corrected chi connectivity index (χ0v) is 9.56. The first-order valence-corrected chi connectivity index (χ1v) is 5.32. The molecule has 0 amide bonds. The Bertz CT molecular complexity index is 443. The van der Waals surface area contributed by atoms with E-state index in [1.807, 2.05) is 0 Å². The maximum atomic E-state index is 11.1. The summed E-state index contributed by atoms with van der Waals surface area (Å²) in [6.07, 6.45) is 2.49. The minimum Gasteiger partial charge on any atom is -0.481 e. The van der Waals surface area contributed by atoms with E-state index in [-0.39, 0.29) is 17.2 Å². The van der Waals surface area contributed by atoms with Crippen LogP contribution in [0.15, 0.2) is 11.1 Å². The lowest BCUT2D eigenvalue weighted by molar-refractivity contribution is -0.141. The van der Waals surface area contributed by atoms with E-state index >= 15 is 0 Å². The molecule has 5 N–H and O–H groups in total. The van der Waals surface area contributed by atoms with Gasteiger partial charge in [0.25, 0.3) is 5.56 Å². The van der Waals surface area contributed by atoms with E-state index in [1.54, 1.807) is 6.92 Å². The van der Waals surface area contributed by atoms with Gasteiger partial charge in [0, 0.05) is 6.54 Å². The van der Waals surface area contributed by atoms with Crippen molar-refractivity contribution in [2.75, 3.05) is 17.6 Å². The van der Waals surface area contributed by atoms with Gasteiger partial charge in [-0.1, -0.05) is 6.92 Å². The first-order valence-electron chi connectivity index (χ1n) is 5.32. The van der Waals surface area contributed by atoms with E-state index in [1.165, 1.54) is 6.33 Å². The van der Waals surface area contributed by atoms with Crippen LogP contribution < -0.4 is 16.6 Å². The summed E-state index contributed by atoms with van der Waals surface area (Å²) in [5, 5.41) is 11.6. The summed E-state index contributed by atoms with van der Waals surface area (Å²) in [5.41, 5.74) is 5.16. The number of nitrogens with one attached hydrogen (secondary N) is 2. The molecule has 0 aliphatic carbocycles. The number of hydrogen-bond acceptors (Lipinski definition) is 5. The number of nitrogens with two attached hydrogens (primary N) is 1. The average Bonchev–Trinajstić information content (AvgIpc) is 2.29. The van der Waals surface area contributed by atoms with Crippen LogP contribution in [0.25, 0.3) is 0 Å². The highest BCUT2D eigenvalue weighted by Crippen LogP contribution is 2.09. The van der Waals surface area contributed by atoms with Crippen LogP contribution >= 0.6 is 0 Å². The van der Waals surface area contributed by atoms with Crippen molar-refractivity contribution in [1.29, 1.82) is 0 Å². The first kappa shape index (κ1) is 13.0. The molecule has 0 aliphatic rings. The van der Waals surface area contributed by atoms with Crippen LogP contribution in [-0.2, 0) is 4.79 Å². The monoisotopic (exact) mass is 240 g/mol. The van der Waals surface area contributed by atoms with Crippen LogP contribution in [-0.4, -0.2) is 27.6 Å². The van der Waals surface area contributed by atoms with Gasteiger partial charge in [0.2, 0.25) is 0 Å². The molecule has 1 heterocycles. The Hall–Kier alpha value is -2.05. The first-order chi connectivity index (χ1) is 8.02. The number of carboxylic acids is 1. The van der Waals surface area contributed by atoms with Crippen molar-refractivity contribution >= 4 is 17.5 Å². The summed E-state index contributed by atoms with van der Waals surface area (Å²) in [4.78, 5) is 27.9. The van der Waals surface area contributed by atoms with Gasteiger partial charge in [0.05, 0.1) is 12.2 Å². The summed E-state index contributed by atoms with van der Waals surface area (Å²) in [5.74, 6) is -0.850. The molecule has 1 aromatic heterocycles. The van der Waals surface area contributed by atoms with Gasteiger partial charge in [0.1, 0.15) is 5.69 Å². The molecule has 0 aliphatic heterocycles. The molecule has 7 heteroatoms. The molecule has 7 nitrogen and oxygen atoms in total. The van der Waals surface area contributed by atoms with E-state index in [2.05, 4.69) is 15.3 Å². The second-order valence-corrected chi connectivity index (χ2v) is 3.80. The summed E-state index contributed by atoms with van der Waals surface area (Å²) >= 11 is 0. The van der Waals surface area contributed by atoms with E-state index in [9.17, 15) is 9.59 Å². The zero-order chi connectivity index (χ0) is 12.8. The molecule has 0 radical (unpaired) electrons. The van der Waals surface area contributed by atoms with Crippen LogP contribution in [0.5, 0.6) is 0 Å². The van der Waals surface area contributed by atoms with Gasteiger partial charge in [-0.05, 0) is 12.8 Å². The lowest BCUT2D eigenvalue weighted by Crippen LogP contribution is -2.17. The molecule has 1 aromatic rings. The summed E-state index contributed by atoms with van der Waals surface area (Å²) in [6, 6.07) is 0. The number of H-pyrrole nitrogens is 1. The fourth-order valence-corrected chi connectivity index (χ4v) is 1.29. The van der Waals surface area contributed by atoms with Crippen LogP contribution in [0.2, 0.25) is 0 Å². The number of aliphatic carboxylic acids is 1. The van der Waals surface area contributed by atoms with Crippen molar-refractivity contribution in [3.63, 3.8) is 0 Å². The quantitative estimate of drug-likeness (QED) is 0.529. The Morgan fingerprint density at radius 3 is 3.06 bits per heavy atom. The second kappa shape index (κ2) is 5.88. The van der Waals surface area contributed by atoms with Crippen molar-refractivity contribution in [2.45, 2.75) is 19.8 Å². The minimum atomic E-state index is -0.807. The zero-order valence-electron chi connectivity index (χ0n) is 9.56. The third-order valence-electron chi connectivity index (χ3n) is 2.42. The maximum Gasteiger partial charge on any atom is 0.306 e. The van der Waals surface area contributed by atoms with Gasteiger partial charge >= 0.3 is 5.97 Å². The predicted molar refractivity (Wildman–Crippen MR) is 63.8 cm³/mol. The van der Waals surface area contributed by atoms with E-state index in [4.69, 9.17) is 10.8 Å². The van der Waals surface area contributed by atoms with Crippen LogP contribution in [0, 0.1) is 5.92 Å². The maximum absolute atomic E-state index is 11.1. The Balaban J connectivity index is 2.39. The number of aromatic amines is 1. The molecule has 0 aromatic carbocycles. The molecular weight excluding hydrogens is 224 g/mol. The van der Waals surface area contributed by atoms with Crippen molar-refractivity contribution in [3.8, 4) is 0 Å². The number of hydrogen-bond donors (Lipinski definition) is 4. The molecule has 94 valence electrons. The van der Waals surface area contributed by atoms with E-state index in [0.717, 1.165) is 0 Å². The number of nitrogens with zero attached hydrogens (tertiary/aromatic N) is 1. The van der Waals surface area contributed by atoms with Gasteiger partial charge in [0.15, 0.2) is 5.82 Å². The summed E-state index contributed by atoms with van der Waals surface area (Å²) in [7, 11) is 0. The Morgan fingerprint density at radius 1 is 1.71 bits per heavy atom. The number of aromatic nitrogens is 2. The van der Waals surface area contributed by atoms with E-state index < -0.39 is 5.97 Å². The Kier molecular flexibility index (Phi) is 4.50. The van der Waals surface area contributed by atoms with Crippen molar-refractivity contribution < 1.29 is 9.90 Å². The number of nitrogen functional groups attached to an aromatic ring is 1. The minimum absolute atomic E-state index is 0.0405. The van der Waals surface area contributed by atoms with Gasteiger partial charge in [-0.25, -0.2) is 4.98 Å². The molecule has 17 heavy (non-hydrogen) atoms. The third-order valence-corrected chi connectivity index (χ3v) is 2.42. The highest BCUT2D eigenvalue weighted by Gasteiger charge is 2.10. The fourth-order valence-electron chi connectivity index (χ4n) is 1.29. The summed E-state index contributed by atoms with van der Waals surface area (Å²) in [6.45, 7) is 2.18. The van der Waals surface area contributed by atoms with Crippen molar-refractivity contribution in [2.24, 2.45) is 5.92 Å². The Labute approximate surface area is 98.1 Å². The van der Waals surface area contributed by atoms with Crippen LogP contribution in [0.3, 0.4) is 0 Å². The summed E-state index contributed by atoms with van der Waals surface area (Å²) < 4.78 is 0. The molecule has 0 saturated heterocycles. The predicted octanol–water partition coefficient (Wildman–Crippen LogP) is 0.265. The molecule has 0 bridgehead atoms. The Morgan fingerprint density at radius 2 is 2.41 bits per heavy atom. The molecule has 0 spiro atoms. The highest BCUT2D eigenvalue weighted by atomic mass is 16.4. The lowest BCUT2D eigenvalue weighted by atomic mass is 10.1. The average molecular weight is 240 g/mol. The van der Waals surface area contributed by atoms with Gasteiger partial charge in [-0.15, -0.1) is 0 Å². The normalized spacial score (nSPS) is 12.1. The molecule has 1 rings (SSSR count). The fraction of sp³-hybridized carbons (Fsp3) is 0.500. The third kappa shape index (κ3) is 3.78. The van der Waals surface area contributed by atoms with Gasteiger partial charge in [-0.2, -0.15) is 0 Å². The molecule has 0 saturated carbocycles. The standard InChI is InChI=1S/C10H16N4O3/c1-6(10(16)17)3-2-4-12-8-7(11)9(15)14-5-13-8/h5-6H,2-4,11H2,1H3,(H,16,17)(H2,12,13,14,15). The van der Waals surface area contributed by atoms with Gasteiger partial charge in [-0.3, -0.25) is 9.59 Å². The highest BCUT2D eigenvalue weighted by molar-refractivity contribution is 5.69. The number of rotatable bonds is 6. The number of carbonyl (C=O) groups is 1. The largest absolute Gasteiger partial charge is 0.481 e. The van der Waals surface area contributed by atoms with E-state index in [0.29, 0.717) is 25.2 Å². The molecule has 0 fully saturated rings. The number of carboxylic acid groups (broad SMARTS) is 1. The number of anilines is 2. The SMILES string of the molecule is CC(CCCNc1nc[nH]c(=O)c1N)C(=O)O. The van der Waals surface area contributed by atoms with Crippen LogP contribution in [0.1, 0.15) is 19.8 Å². The lowest BCUT2D eigenvalue weighted by Gasteiger charge is -2.08. The van der Waals surface area contributed by atoms with Crippen LogP contribution in [0.4, 0.5) is 11.5 Å². The van der Waals surface area contributed by atoms with Crippen molar-refractivity contribution in [1.82, 2.24) is 9.97 Å². The topological polar surface area (TPSA) is 121 Å².